The van der Waals surface area contributed by atoms with Crippen molar-refractivity contribution in [2.24, 2.45) is 17.8 Å². The molecule has 2 amide bonds. The van der Waals surface area contributed by atoms with Gasteiger partial charge in [-0.2, -0.15) is 0 Å². The van der Waals surface area contributed by atoms with Crippen molar-refractivity contribution >= 4 is 45.5 Å². The van der Waals surface area contributed by atoms with Gasteiger partial charge in [0.15, 0.2) is 0 Å². The number of fused-ring (bicyclic) bond motifs is 1. The van der Waals surface area contributed by atoms with E-state index in [2.05, 4.69) is 21.2 Å². The molecule has 3 aliphatic rings. The molecule has 176 valence electrons. The van der Waals surface area contributed by atoms with Crippen LogP contribution in [-0.4, -0.2) is 73.5 Å². The summed E-state index contributed by atoms with van der Waals surface area (Å²) in [7, 11) is 0. The third-order valence-electron chi connectivity index (χ3n) is 6.88. The Morgan fingerprint density at radius 1 is 1.39 bits per heavy atom. The molecule has 9 heteroatoms. The van der Waals surface area contributed by atoms with E-state index in [0.29, 0.717) is 6.42 Å². The maximum Gasteiger partial charge on any atom is 0.310 e. The highest BCUT2D eigenvalue weighted by atomic mass is 79.9. The Bertz CT molecular complexity index is 744. The van der Waals surface area contributed by atoms with Crippen molar-refractivity contribution in [2.75, 3.05) is 13.2 Å². The van der Waals surface area contributed by atoms with Crippen molar-refractivity contribution in [3.05, 3.63) is 0 Å². The van der Waals surface area contributed by atoms with Crippen LogP contribution < -0.4 is 5.32 Å². The molecular weight excluding hydrogens is 484 g/mol. The van der Waals surface area contributed by atoms with Crippen LogP contribution >= 0.6 is 27.7 Å². The molecule has 0 aliphatic carbocycles. The minimum Gasteiger partial charge on any atom is -0.466 e. The number of halogens is 1. The fourth-order valence-corrected chi connectivity index (χ4v) is 9.07. The van der Waals surface area contributed by atoms with E-state index in [1.165, 1.54) is 0 Å². The fraction of sp³-hybridized carbons (Fsp3) is 0.864. The number of nitrogens with zero attached hydrogens (tertiary/aromatic N) is 1. The van der Waals surface area contributed by atoms with Crippen LogP contribution in [0.3, 0.4) is 0 Å². The summed E-state index contributed by atoms with van der Waals surface area (Å²) in [4.78, 5) is 42.1. The molecule has 0 aromatic carbocycles. The summed E-state index contributed by atoms with van der Waals surface area (Å²) in [5, 5.41) is 13.2. The number of thioether (sulfide) groups is 1. The maximum atomic E-state index is 13.9. The molecule has 3 rings (SSSR count). The van der Waals surface area contributed by atoms with Gasteiger partial charge in [-0.3, -0.25) is 14.4 Å². The summed E-state index contributed by atoms with van der Waals surface area (Å²) < 4.78 is 4.63. The number of rotatable bonds is 7. The molecule has 3 heterocycles. The molecule has 8 atom stereocenters. The number of nitrogens with one attached hydrogen (secondary N) is 1. The highest BCUT2D eigenvalue weighted by molar-refractivity contribution is 9.09. The number of aliphatic hydroxyl groups is 1. The van der Waals surface area contributed by atoms with Gasteiger partial charge in [0.05, 0.1) is 35.8 Å². The minimum absolute atomic E-state index is 0.0111. The van der Waals surface area contributed by atoms with E-state index in [1.54, 1.807) is 23.6 Å². The van der Waals surface area contributed by atoms with E-state index in [1.807, 2.05) is 34.6 Å². The first-order chi connectivity index (χ1) is 14.4. The Labute approximate surface area is 197 Å². The van der Waals surface area contributed by atoms with Crippen LogP contribution in [0.25, 0.3) is 0 Å². The molecule has 0 aromatic rings. The average Bonchev–Trinajstić information content (AvgIpc) is 3.25. The number of esters is 1. The highest BCUT2D eigenvalue weighted by Crippen LogP contribution is 2.68. The first-order valence-electron chi connectivity index (χ1n) is 11.2. The predicted octanol–water partition coefficient (Wildman–Crippen LogP) is 2.34. The van der Waals surface area contributed by atoms with Crippen LogP contribution in [0.15, 0.2) is 0 Å². The minimum atomic E-state index is -0.746. The van der Waals surface area contributed by atoms with E-state index < -0.39 is 34.2 Å². The Hall–Kier alpha value is -0.800. The van der Waals surface area contributed by atoms with Crippen molar-refractivity contribution in [1.82, 2.24) is 10.2 Å². The zero-order valence-electron chi connectivity index (χ0n) is 19.2. The smallest absolute Gasteiger partial charge is 0.310 e. The van der Waals surface area contributed by atoms with Gasteiger partial charge in [-0.1, -0.05) is 36.2 Å². The second-order valence-electron chi connectivity index (χ2n) is 10.0. The number of alkyl halides is 1. The van der Waals surface area contributed by atoms with E-state index in [-0.39, 0.29) is 47.0 Å². The first-order valence-corrected chi connectivity index (χ1v) is 13.0. The highest BCUT2D eigenvalue weighted by Gasteiger charge is 2.76. The molecule has 31 heavy (non-hydrogen) atoms. The molecule has 3 saturated heterocycles. The Balaban J connectivity index is 2.11. The molecule has 3 fully saturated rings. The molecule has 0 radical (unpaired) electrons. The summed E-state index contributed by atoms with van der Waals surface area (Å²) >= 11 is 5.31. The third-order valence-corrected chi connectivity index (χ3v) is 10.1. The van der Waals surface area contributed by atoms with Gasteiger partial charge in [-0.15, -0.1) is 11.8 Å². The largest absolute Gasteiger partial charge is 0.466 e. The summed E-state index contributed by atoms with van der Waals surface area (Å²) in [6, 6.07) is -1.23. The SMILES string of the molecule is CCOC(=O)[C@H]1[C@H]2C(=O)N([C@@H](CO)[C@@H](C)CC)C(C(=O)NC(C)(C)C)C23CC(Br)[C@@H]1S3. The van der Waals surface area contributed by atoms with Crippen molar-refractivity contribution in [3.8, 4) is 0 Å². The number of ether oxygens (including phenoxy) is 1. The summed E-state index contributed by atoms with van der Waals surface area (Å²) in [6.07, 6.45) is 1.38. The molecule has 2 bridgehead atoms. The average molecular weight is 520 g/mol. The summed E-state index contributed by atoms with van der Waals surface area (Å²) in [5.41, 5.74) is -0.471. The van der Waals surface area contributed by atoms with E-state index in [4.69, 9.17) is 4.74 Å². The molecule has 3 aliphatic heterocycles. The van der Waals surface area contributed by atoms with E-state index in [0.717, 1.165) is 6.42 Å². The number of hydrogen-bond donors (Lipinski definition) is 2. The van der Waals surface area contributed by atoms with Gasteiger partial charge in [0.1, 0.15) is 6.04 Å². The summed E-state index contributed by atoms with van der Waals surface area (Å²) in [5.74, 6) is -2.00. The van der Waals surface area contributed by atoms with Gasteiger partial charge in [-0.25, -0.2) is 0 Å². The second kappa shape index (κ2) is 8.86. The zero-order chi connectivity index (χ0) is 23.3. The van der Waals surface area contributed by atoms with Crippen LogP contribution in [0.2, 0.25) is 0 Å². The molecule has 0 aromatic heterocycles. The lowest BCUT2D eigenvalue weighted by molar-refractivity contribution is -0.154. The molecule has 2 N–H and O–H groups in total. The predicted molar refractivity (Wildman–Crippen MR) is 124 cm³/mol. The number of carbonyl (C=O) groups is 3. The number of aliphatic hydroxyl groups excluding tert-OH is 1. The van der Waals surface area contributed by atoms with Gasteiger partial charge in [-0.05, 0) is 40.0 Å². The van der Waals surface area contributed by atoms with Gasteiger partial charge >= 0.3 is 5.97 Å². The van der Waals surface area contributed by atoms with Gasteiger partial charge < -0.3 is 20.1 Å². The van der Waals surface area contributed by atoms with Crippen molar-refractivity contribution in [2.45, 2.75) is 86.8 Å². The monoisotopic (exact) mass is 518 g/mol. The zero-order valence-corrected chi connectivity index (χ0v) is 21.6. The standard InChI is InChI=1S/C22H35BrN2O5S/c1-7-11(3)13(10-26)25-17(18(27)24-21(4,5)6)22-9-12(23)16(31-22)14(15(22)19(25)28)20(29)30-8-2/h11-17,26H,7-10H2,1-6H3,(H,24,27)/t11-,12?,13-,14-,15-,16-,17?,22?/m0/s1. The van der Waals surface area contributed by atoms with Crippen LogP contribution in [0.5, 0.6) is 0 Å². The lowest BCUT2D eigenvalue weighted by Gasteiger charge is -2.40. The number of likely N-dealkylation sites (tertiary alicyclic amines) is 1. The second-order valence-corrected chi connectivity index (χ2v) is 12.8. The van der Waals surface area contributed by atoms with Gasteiger partial charge in [0.25, 0.3) is 0 Å². The number of carbonyl (C=O) groups excluding carboxylic acids is 3. The van der Waals surface area contributed by atoms with Crippen molar-refractivity contribution in [3.63, 3.8) is 0 Å². The molecule has 1 spiro atoms. The van der Waals surface area contributed by atoms with E-state index in [9.17, 15) is 19.5 Å². The maximum absolute atomic E-state index is 13.9. The first kappa shape index (κ1) is 24.8. The van der Waals surface area contributed by atoms with Crippen LogP contribution in [0, 0.1) is 17.8 Å². The van der Waals surface area contributed by atoms with Crippen LogP contribution in [-0.2, 0) is 19.1 Å². The van der Waals surface area contributed by atoms with Gasteiger partial charge in [0, 0.05) is 15.6 Å². The summed E-state index contributed by atoms with van der Waals surface area (Å²) in [6.45, 7) is 11.5. The fourth-order valence-electron chi connectivity index (χ4n) is 5.48. The normalized spacial score (nSPS) is 36.3. The quantitative estimate of drug-likeness (QED) is 0.396. The molecule has 3 unspecified atom stereocenters. The Morgan fingerprint density at radius 3 is 2.55 bits per heavy atom. The lowest BCUT2D eigenvalue weighted by atomic mass is 9.71. The van der Waals surface area contributed by atoms with Crippen molar-refractivity contribution in [1.29, 1.82) is 0 Å². The van der Waals surface area contributed by atoms with Gasteiger partial charge in [0.2, 0.25) is 11.8 Å². The number of hydrogen-bond acceptors (Lipinski definition) is 6. The lowest BCUT2D eigenvalue weighted by Crippen LogP contribution is -2.60. The molecule has 0 saturated carbocycles. The molecular formula is C22H35BrN2O5S. The topological polar surface area (TPSA) is 95.9 Å². The van der Waals surface area contributed by atoms with Crippen LogP contribution in [0.4, 0.5) is 0 Å². The molecule has 7 nitrogen and oxygen atoms in total. The van der Waals surface area contributed by atoms with Crippen LogP contribution in [0.1, 0.15) is 54.4 Å². The Kier molecular flexibility index (Phi) is 7.10. The Morgan fingerprint density at radius 2 is 2.03 bits per heavy atom. The number of amides is 2. The van der Waals surface area contributed by atoms with E-state index >= 15 is 0 Å². The third kappa shape index (κ3) is 4.03. The van der Waals surface area contributed by atoms with Crippen molar-refractivity contribution < 1.29 is 24.2 Å².